The zero-order chi connectivity index (χ0) is 18.4. The number of para-hydroxylation sites is 1. The Labute approximate surface area is 161 Å². The van der Waals surface area contributed by atoms with Crippen molar-refractivity contribution in [3.05, 3.63) is 65.7 Å². The van der Waals surface area contributed by atoms with E-state index in [0.717, 1.165) is 25.1 Å². The Morgan fingerprint density at radius 1 is 1.07 bits per heavy atom. The molecule has 3 heteroatoms. The number of carbonyl (C=O) groups is 1. The van der Waals surface area contributed by atoms with Crippen molar-refractivity contribution >= 4 is 5.91 Å². The molecule has 3 aliphatic rings. The normalized spacial score (nSPS) is 31.6. The Morgan fingerprint density at radius 2 is 1.85 bits per heavy atom. The molecule has 1 aliphatic heterocycles. The van der Waals surface area contributed by atoms with E-state index in [1.165, 1.54) is 30.4 Å². The molecule has 0 spiro atoms. The van der Waals surface area contributed by atoms with Gasteiger partial charge in [-0.1, -0.05) is 61.4 Å². The van der Waals surface area contributed by atoms with E-state index >= 15 is 0 Å². The smallest absolute Gasteiger partial charge is 0.227 e. The maximum atomic E-state index is 13.5. The Balaban J connectivity index is 1.41. The fraction of sp³-hybridized carbons (Fsp3) is 0.458. The Morgan fingerprint density at radius 3 is 2.63 bits per heavy atom. The van der Waals surface area contributed by atoms with Gasteiger partial charge in [-0.2, -0.15) is 0 Å². The number of methoxy groups -OCH3 is 1. The van der Waals surface area contributed by atoms with Crippen molar-refractivity contribution in [2.75, 3.05) is 13.7 Å². The van der Waals surface area contributed by atoms with E-state index in [-0.39, 0.29) is 11.5 Å². The Hall–Kier alpha value is -2.29. The molecule has 140 valence electrons. The summed E-state index contributed by atoms with van der Waals surface area (Å²) in [6.07, 6.45) is 5.83. The van der Waals surface area contributed by atoms with Gasteiger partial charge in [0.05, 0.1) is 12.6 Å². The highest BCUT2D eigenvalue weighted by atomic mass is 16.5. The molecule has 0 bridgehead atoms. The highest BCUT2D eigenvalue weighted by Crippen LogP contribution is 2.58. The largest absolute Gasteiger partial charge is 0.496 e. The monoisotopic (exact) mass is 361 g/mol. The van der Waals surface area contributed by atoms with Gasteiger partial charge in [-0.05, 0) is 42.4 Å². The van der Waals surface area contributed by atoms with Crippen LogP contribution in [0.3, 0.4) is 0 Å². The predicted octanol–water partition coefficient (Wildman–Crippen LogP) is 4.73. The van der Waals surface area contributed by atoms with Gasteiger partial charge in [0.2, 0.25) is 5.91 Å². The Bertz CT molecular complexity index is 848. The molecule has 0 radical (unpaired) electrons. The van der Waals surface area contributed by atoms with E-state index in [0.29, 0.717) is 17.7 Å². The van der Waals surface area contributed by atoms with Crippen molar-refractivity contribution < 1.29 is 9.53 Å². The van der Waals surface area contributed by atoms with Crippen LogP contribution >= 0.6 is 0 Å². The molecule has 0 unspecified atom stereocenters. The van der Waals surface area contributed by atoms with Gasteiger partial charge in [0, 0.05) is 18.4 Å². The molecule has 2 aromatic carbocycles. The second-order valence-corrected chi connectivity index (χ2v) is 8.37. The fourth-order valence-corrected chi connectivity index (χ4v) is 5.63. The molecule has 1 heterocycles. The molecule has 0 aromatic heterocycles. The summed E-state index contributed by atoms with van der Waals surface area (Å²) in [5, 5.41) is 0. The molecular weight excluding hydrogens is 334 g/mol. The summed E-state index contributed by atoms with van der Waals surface area (Å²) in [5.74, 6) is 2.32. The summed E-state index contributed by atoms with van der Waals surface area (Å²) in [7, 11) is 1.71. The van der Waals surface area contributed by atoms with Crippen LogP contribution in [0.2, 0.25) is 0 Å². The fourth-order valence-electron chi connectivity index (χ4n) is 5.63. The van der Waals surface area contributed by atoms with Crippen LogP contribution in [0.15, 0.2) is 54.6 Å². The van der Waals surface area contributed by atoms with E-state index < -0.39 is 0 Å². The van der Waals surface area contributed by atoms with Crippen LogP contribution in [-0.4, -0.2) is 24.5 Å². The number of fused-ring (bicyclic) bond motifs is 1. The van der Waals surface area contributed by atoms with Gasteiger partial charge in [-0.3, -0.25) is 4.79 Å². The zero-order valence-corrected chi connectivity index (χ0v) is 15.9. The molecule has 1 amide bonds. The molecule has 1 saturated heterocycles. The second-order valence-electron chi connectivity index (χ2n) is 8.37. The van der Waals surface area contributed by atoms with Gasteiger partial charge in [0.1, 0.15) is 5.75 Å². The van der Waals surface area contributed by atoms with Crippen molar-refractivity contribution in [2.45, 2.75) is 43.6 Å². The van der Waals surface area contributed by atoms with Crippen LogP contribution in [0, 0.1) is 11.8 Å². The summed E-state index contributed by atoms with van der Waals surface area (Å²) in [6.45, 7) is 0.933. The van der Waals surface area contributed by atoms with Gasteiger partial charge in [0.25, 0.3) is 0 Å². The highest BCUT2D eigenvalue weighted by molar-refractivity contribution is 5.85. The van der Waals surface area contributed by atoms with Crippen molar-refractivity contribution in [3.63, 3.8) is 0 Å². The molecule has 2 aromatic rings. The van der Waals surface area contributed by atoms with E-state index in [2.05, 4.69) is 41.3 Å². The summed E-state index contributed by atoms with van der Waals surface area (Å²) < 4.78 is 5.53. The maximum Gasteiger partial charge on any atom is 0.227 e. The number of benzene rings is 2. The maximum absolute atomic E-state index is 13.5. The van der Waals surface area contributed by atoms with Crippen molar-refractivity contribution in [3.8, 4) is 5.75 Å². The molecular formula is C24H27NO2. The van der Waals surface area contributed by atoms with Crippen molar-refractivity contribution in [2.24, 2.45) is 11.8 Å². The average molecular weight is 361 g/mol. The van der Waals surface area contributed by atoms with Gasteiger partial charge < -0.3 is 9.64 Å². The zero-order valence-electron chi connectivity index (χ0n) is 15.9. The first kappa shape index (κ1) is 16.9. The summed E-state index contributed by atoms with van der Waals surface area (Å²) >= 11 is 0. The van der Waals surface area contributed by atoms with Crippen LogP contribution in [-0.2, 0) is 10.3 Å². The lowest BCUT2D eigenvalue weighted by molar-refractivity contribution is -0.168. The van der Waals surface area contributed by atoms with E-state index in [1.807, 2.05) is 18.2 Å². The van der Waals surface area contributed by atoms with Crippen LogP contribution < -0.4 is 4.74 Å². The van der Waals surface area contributed by atoms with Crippen LogP contribution in [0.5, 0.6) is 5.75 Å². The predicted molar refractivity (Wildman–Crippen MR) is 106 cm³/mol. The number of amides is 1. The first-order chi connectivity index (χ1) is 13.3. The standard InChI is InChI=1S/C24H27NO2/c1-27-22-13-6-5-12-19(22)20-15-21(20)23(26)25-16-18-11-7-8-14-24(18,25)17-9-3-2-4-10-17/h2-6,9-10,12-13,18,20-21H,7-8,11,14-16H2,1H3/t18-,20+,21+,24+/m1/s1. The number of nitrogens with zero attached hydrogens (tertiary/aromatic N) is 1. The first-order valence-corrected chi connectivity index (χ1v) is 10.3. The van der Waals surface area contributed by atoms with Crippen LogP contribution in [0.4, 0.5) is 0 Å². The lowest BCUT2D eigenvalue weighted by atomic mass is 9.61. The summed E-state index contributed by atoms with van der Waals surface area (Å²) in [5.41, 5.74) is 2.47. The molecule has 2 saturated carbocycles. The minimum atomic E-state index is -0.0511. The van der Waals surface area contributed by atoms with E-state index in [9.17, 15) is 4.79 Å². The Kier molecular flexibility index (Phi) is 3.99. The molecule has 0 N–H and O–H groups in total. The number of rotatable bonds is 4. The average Bonchev–Trinajstić information content (AvgIpc) is 3.50. The lowest BCUT2D eigenvalue weighted by Gasteiger charge is -2.61. The van der Waals surface area contributed by atoms with Gasteiger partial charge in [-0.15, -0.1) is 0 Å². The summed E-state index contributed by atoms with van der Waals surface area (Å²) in [4.78, 5) is 15.7. The molecule has 3 nitrogen and oxygen atoms in total. The number of ether oxygens (including phenoxy) is 1. The SMILES string of the molecule is COc1ccccc1[C@@H]1C[C@@H]1C(=O)N1C[C@H]2CCCC[C@]21c1ccccc1. The molecule has 5 rings (SSSR count). The first-order valence-electron chi connectivity index (χ1n) is 10.3. The highest BCUT2D eigenvalue weighted by Gasteiger charge is 2.60. The van der Waals surface area contributed by atoms with Crippen molar-refractivity contribution in [1.82, 2.24) is 4.90 Å². The molecule has 3 fully saturated rings. The third-order valence-corrected chi connectivity index (χ3v) is 7.11. The molecule has 27 heavy (non-hydrogen) atoms. The minimum absolute atomic E-state index is 0.0511. The van der Waals surface area contributed by atoms with Crippen LogP contribution in [0.1, 0.15) is 49.1 Å². The third-order valence-electron chi connectivity index (χ3n) is 7.11. The molecule has 2 aliphatic carbocycles. The van der Waals surface area contributed by atoms with Gasteiger partial charge >= 0.3 is 0 Å². The molecule has 4 atom stereocenters. The van der Waals surface area contributed by atoms with Gasteiger partial charge in [0.15, 0.2) is 0 Å². The number of carbonyl (C=O) groups excluding carboxylic acids is 1. The van der Waals surface area contributed by atoms with Crippen molar-refractivity contribution in [1.29, 1.82) is 0 Å². The number of hydrogen-bond donors (Lipinski definition) is 0. The van der Waals surface area contributed by atoms with Gasteiger partial charge in [-0.25, -0.2) is 0 Å². The second kappa shape index (κ2) is 6.40. The van der Waals surface area contributed by atoms with E-state index in [4.69, 9.17) is 4.74 Å². The minimum Gasteiger partial charge on any atom is -0.496 e. The topological polar surface area (TPSA) is 29.5 Å². The summed E-state index contributed by atoms with van der Waals surface area (Å²) in [6, 6.07) is 18.9. The number of hydrogen-bond acceptors (Lipinski definition) is 2. The van der Waals surface area contributed by atoms with E-state index in [1.54, 1.807) is 7.11 Å². The quantitative estimate of drug-likeness (QED) is 0.788. The van der Waals surface area contributed by atoms with Crippen LogP contribution in [0.25, 0.3) is 0 Å². The third kappa shape index (κ3) is 2.51. The lowest BCUT2D eigenvalue weighted by Crippen LogP contribution is -2.68. The number of likely N-dealkylation sites (tertiary alicyclic amines) is 1.